The molecule has 1 nitrogen and oxygen atoms in total. The summed E-state index contributed by atoms with van der Waals surface area (Å²) in [6.45, 7) is 20.4. The van der Waals surface area contributed by atoms with Crippen LogP contribution in [0.1, 0.15) is 20.8 Å². The summed E-state index contributed by atoms with van der Waals surface area (Å²) in [5.41, 5.74) is 3.74. The Balaban J connectivity index is 5.23. The van der Waals surface area contributed by atoms with Crippen molar-refractivity contribution in [3.8, 4) is 10.3 Å². The van der Waals surface area contributed by atoms with Gasteiger partial charge in [-0.15, -0.1) is 0 Å². The van der Waals surface area contributed by atoms with Gasteiger partial charge in [0, 0.05) is 0 Å². The van der Waals surface area contributed by atoms with E-state index >= 15 is 0 Å². The summed E-state index contributed by atoms with van der Waals surface area (Å²) in [4.78, 5) is 0. The third-order valence-corrected chi connectivity index (χ3v) is 20.6. The molecule has 103 valence electrons. The van der Waals surface area contributed by atoms with Crippen molar-refractivity contribution in [3.05, 3.63) is 12.8 Å². The van der Waals surface area contributed by atoms with E-state index in [9.17, 15) is 0 Å². The zero-order valence-corrected chi connectivity index (χ0v) is 17.5. The van der Waals surface area contributed by atoms with Crippen LogP contribution in [-0.2, 0) is 0 Å². The molecule has 0 aromatic rings. The SMILES string of the molecule is C=CN([Si](C)C)[Si](C)(C)C#[C][Ge]([CH2]C)([CH2]C)[CH2]C. The fourth-order valence-electron chi connectivity index (χ4n) is 2.33. The predicted octanol–water partition coefficient (Wildman–Crippen LogP) is 4.48. The summed E-state index contributed by atoms with van der Waals surface area (Å²) < 4.78 is 6.32. The van der Waals surface area contributed by atoms with E-state index < -0.39 is 30.5 Å². The van der Waals surface area contributed by atoms with Crippen LogP contribution in [0.4, 0.5) is 0 Å². The molecule has 1 radical (unpaired) electrons. The first kappa shape index (κ1) is 18.1. The third-order valence-electron chi connectivity index (χ3n) is 3.93. The molecule has 0 saturated carbocycles. The van der Waals surface area contributed by atoms with Crippen molar-refractivity contribution in [1.82, 2.24) is 4.23 Å². The zero-order chi connectivity index (χ0) is 14.4. The van der Waals surface area contributed by atoms with Crippen LogP contribution in [-0.4, -0.2) is 34.7 Å². The van der Waals surface area contributed by atoms with Crippen molar-refractivity contribution in [2.24, 2.45) is 0 Å². The van der Waals surface area contributed by atoms with Crippen molar-refractivity contribution >= 4 is 30.5 Å². The minimum atomic E-state index is -1.83. The Morgan fingerprint density at radius 3 is 1.89 bits per heavy atom. The molecule has 0 rings (SSSR count). The maximum absolute atomic E-state index is 3.99. The molecule has 0 atom stereocenters. The van der Waals surface area contributed by atoms with Crippen LogP contribution < -0.4 is 0 Å². The molecule has 0 N–H and O–H groups in total. The molecule has 0 aromatic carbocycles. The van der Waals surface area contributed by atoms with E-state index in [0.29, 0.717) is 0 Å². The predicted molar refractivity (Wildman–Crippen MR) is 92.0 cm³/mol. The Hall–Kier alpha value is 0.0766. The van der Waals surface area contributed by atoms with Crippen molar-refractivity contribution < 1.29 is 0 Å². The Morgan fingerprint density at radius 2 is 1.61 bits per heavy atom. The number of hydrogen-bond acceptors (Lipinski definition) is 1. The summed E-state index contributed by atoms with van der Waals surface area (Å²) in [5, 5.41) is 4.03. The van der Waals surface area contributed by atoms with Gasteiger partial charge in [-0.25, -0.2) is 0 Å². The minimum absolute atomic E-state index is 0.472. The van der Waals surface area contributed by atoms with Gasteiger partial charge >= 0.3 is 120 Å². The number of rotatable bonds is 6. The van der Waals surface area contributed by atoms with Crippen LogP contribution >= 0.6 is 0 Å². The number of hydrogen-bond donors (Lipinski definition) is 0. The zero-order valence-electron chi connectivity index (χ0n) is 13.4. The summed E-state index contributed by atoms with van der Waals surface area (Å²) in [7, 11) is -2.08. The molecule has 0 saturated heterocycles. The van der Waals surface area contributed by atoms with E-state index in [2.05, 4.69) is 68.1 Å². The number of nitrogens with zero attached hydrogens (tertiary/aromatic N) is 1. The van der Waals surface area contributed by atoms with Gasteiger partial charge in [-0.1, -0.05) is 0 Å². The standard InChI is InChI=1S/C14H30GeNSi2/c1-9-15(10-2,11-3)13-14-18(7,8)16(12-4)17(5)6/h12H,4,9-11H2,1-3,5-8H3. The average molecular weight is 341 g/mol. The Bertz CT molecular complexity index is 316. The summed E-state index contributed by atoms with van der Waals surface area (Å²) in [5.74, 6) is 0. The molecule has 0 heterocycles. The molecule has 0 unspecified atom stereocenters. The van der Waals surface area contributed by atoms with E-state index in [4.69, 9.17) is 0 Å². The van der Waals surface area contributed by atoms with E-state index in [1.807, 2.05) is 6.20 Å². The van der Waals surface area contributed by atoms with Crippen LogP contribution in [0.3, 0.4) is 0 Å². The molecule has 0 aliphatic rings. The second kappa shape index (κ2) is 7.61. The van der Waals surface area contributed by atoms with Crippen LogP contribution in [0.15, 0.2) is 12.8 Å². The first-order valence-corrected chi connectivity index (χ1v) is 17.9. The molecule has 0 fully saturated rings. The first-order chi connectivity index (χ1) is 8.28. The van der Waals surface area contributed by atoms with Gasteiger partial charge in [-0.05, 0) is 0 Å². The topological polar surface area (TPSA) is 3.24 Å². The van der Waals surface area contributed by atoms with Gasteiger partial charge in [0.2, 0.25) is 0 Å². The molecule has 0 aliphatic heterocycles. The monoisotopic (exact) mass is 342 g/mol. The van der Waals surface area contributed by atoms with E-state index in [-0.39, 0.29) is 0 Å². The van der Waals surface area contributed by atoms with Gasteiger partial charge in [0.05, 0.1) is 0 Å². The van der Waals surface area contributed by atoms with Crippen molar-refractivity contribution in [2.45, 2.75) is 62.7 Å². The molecule has 0 amide bonds. The second-order valence-electron chi connectivity index (χ2n) is 5.65. The van der Waals surface area contributed by atoms with Gasteiger partial charge in [-0.3, -0.25) is 0 Å². The normalized spacial score (nSPS) is 12.0. The van der Waals surface area contributed by atoms with Crippen LogP contribution in [0, 0.1) is 10.3 Å². The maximum atomic E-state index is 3.99. The van der Waals surface area contributed by atoms with Crippen molar-refractivity contribution in [1.29, 1.82) is 0 Å². The fourth-order valence-corrected chi connectivity index (χ4v) is 16.3. The van der Waals surface area contributed by atoms with E-state index in [1.54, 1.807) is 0 Å². The van der Waals surface area contributed by atoms with Gasteiger partial charge in [0.15, 0.2) is 0 Å². The summed E-state index contributed by atoms with van der Waals surface area (Å²) in [6.07, 6.45) is 2.04. The molecule has 18 heavy (non-hydrogen) atoms. The second-order valence-corrected chi connectivity index (χ2v) is 22.7. The third kappa shape index (κ3) is 4.64. The molecule has 0 spiro atoms. The first-order valence-electron chi connectivity index (χ1n) is 7.05. The van der Waals surface area contributed by atoms with Crippen molar-refractivity contribution in [2.75, 3.05) is 0 Å². The Morgan fingerprint density at radius 1 is 1.17 bits per heavy atom. The van der Waals surface area contributed by atoms with Gasteiger partial charge in [0.25, 0.3) is 0 Å². The summed E-state index contributed by atoms with van der Waals surface area (Å²) >= 11 is -1.83. The van der Waals surface area contributed by atoms with Crippen LogP contribution in [0.2, 0.25) is 41.9 Å². The quantitative estimate of drug-likeness (QED) is 0.509. The molecule has 0 aromatic heterocycles. The summed E-state index contributed by atoms with van der Waals surface area (Å²) in [6, 6.07) is 0. The fraction of sp³-hybridized carbons (Fsp3) is 0.714. The Kier molecular flexibility index (Phi) is 7.65. The van der Waals surface area contributed by atoms with Crippen molar-refractivity contribution in [3.63, 3.8) is 0 Å². The molecular formula is C14H30GeNSi2. The van der Waals surface area contributed by atoms with Gasteiger partial charge in [0.1, 0.15) is 0 Å². The molecule has 0 aliphatic carbocycles. The molecule has 0 bridgehead atoms. The Labute approximate surface area is 120 Å². The molecular weight excluding hydrogens is 311 g/mol. The molecule has 4 heteroatoms. The van der Waals surface area contributed by atoms with E-state index in [0.717, 1.165) is 0 Å². The van der Waals surface area contributed by atoms with Gasteiger partial charge < -0.3 is 0 Å². The van der Waals surface area contributed by atoms with Gasteiger partial charge in [-0.2, -0.15) is 0 Å². The average Bonchev–Trinajstić information content (AvgIpc) is 2.31. The van der Waals surface area contributed by atoms with Crippen LogP contribution in [0.5, 0.6) is 0 Å². The van der Waals surface area contributed by atoms with Crippen LogP contribution in [0.25, 0.3) is 0 Å². The van der Waals surface area contributed by atoms with E-state index in [1.165, 1.54) is 15.8 Å².